The van der Waals surface area contributed by atoms with Crippen LogP contribution in [0.3, 0.4) is 0 Å². The Bertz CT molecular complexity index is 832. The Hall–Kier alpha value is -2.91. The van der Waals surface area contributed by atoms with Crippen molar-refractivity contribution < 1.29 is 19.0 Å². The largest absolute Gasteiger partial charge is 0.489 e. The number of halogens is 1. The molecule has 0 aromatic heterocycles. The molecule has 128 valence electrons. The van der Waals surface area contributed by atoms with Crippen molar-refractivity contribution >= 4 is 23.2 Å². The van der Waals surface area contributed by atoms with Gasteiger partial charge in [0.25, 0.3) is 5.91 Å². The minimum absolute atomic E-state index is 0.0603. The van der Waals surface area contributed by atoms with Crippen molar-refractivity contribution in [1.82, 2.24) is 0 Å². The van der Waals surface area contributed by atoms with E-state index in [-0.39, 0.29) is 12.5 Å². The highest BCUT2D eigenvalue weighted by Crippen LogP contribution is 2.38. The fourth-order valence-corrected chi connectivity index (χ4v) is 2.61. The van der Waals surface area contributed by atoms with Gasteiger partial charge in [0.1, 0.15) is 11.8 Å². The topological polar surface area (TPSA) is 80.6 Å². The van der Waals surface area contributed by atoms with Gasteiger partial charge in [-0.1, -0.05) is 17.7 Å². The van der Waals surface area contributed by atoms with E-state index in [1.54, 1.807) is 36.4 Å². The Morgan fingerprint density at radius 1 is 1.28 bits per heavy atom. The van der Waals surface area contributed by atoms with E-state index in [1.807, 2.05) is 6.07 Å². The molecule has 0 atom stereocenters. The number of hydrogen-bond donors (Lipinski definition) is 1. The van der Waals surface area contributed by atoms with Crippen molar-refractivity contribution in [3.05, 3.63) is 47.0 Å². The number of carbonyl (C=O) groups is 1. The molecule has 1 amide bonds. The molecule has 0 spiro atoms. The number of hydrogen-bond acceptors (Lipinski definition) is 5. The first-order valence-electron chi connectivity index (χ1n) is 7.67. The minimum Gasteiger partial charge on any atom is -0.489 e. The van der Waals surface area contributed by atoms with Gasteiger partial charge in [-0.15, -0.1) is 0 Å². The highest BCUT2D eigenvalue weighted by Gasteiger charge is 2.18. The maximum absolute atomic E-state index is 12.5. The zero-order valence-corrected chi connectivity index (χ0v) is 14.0. The molecule has 1 aliphatic rings. The van der Waals surface area contributed by atoms with Crippen molar-refractivity contribution in [2.75, 3.05) is 25.1 Å². The highest BCUT2D eigenvalue weighted by atomic mass is 35.5. The van der Waals surface area contributed by atoms with Crippen LogP contribution in [0.2, 0.25) is 5.02 Å². The molecule has 25 heavy (non-hydrogen) atoms. The van der Waals surface area contributed by atoms with Gasteiger partial charge in [-0.25, -0.2) is 0 Å². The second-order valence-corrected chi connectivity index (χ2v) is 5.67. The number of anilines is 1. The molecule has 2 aromatic carbocycles. The molecule has 7 heteroatoms. The van der Waals surface area contributed by atoms with Crippen molar-refractivity contribution in [1.29, 1.82) is 5.26 Å². The minimum atomic E-state index is -0.338. The van der Waals surface area contributed by atoms with Gasteiger partial charge in [0.15, 0.2) is 18.1 Å². The summed E-state index contributed by atoms with van der Waals surface area (Å²) in [5, 5.41) is 11.7. The van der Waals surface area contributed by atoms with Gasteiger partial charge in [-0.05, 0) is 24.3 Å². The predicted octanol–water partition coefficient (Wildman–Crippen LogP) is 3.66. The van der Waals surface area contributed by atoms with Crippen LogP contribution < -0.4 is 19.5 Å². The van der Waals surface area contributed by atoms with E-state index in [9.17, 15) is 4.79 Å². The molecule has 0 unspecified atom stereocenters. The Morgan fingerprint density at radius 2 is 2.12 bits per heavy atom. The van der Waals surface area contributed by atoms with E-state index in [2.05, 4.69) is 5.32 Å². The summed E-state index contributed by atoms with van der Waals surface area (Å²) in [6.07, 6.45) is 0.752. The van der Waals surface area contributed by atoms with Gasteiger partial charge >= 0.3 is 0 Å². The maximum atomic E-state index is 12.5. The normalized spacial score (nSPS) is 12.6. The first kappa shape index (κ1) is 16.9. The van der Waals surface area contributed by atoms with Crippen LogP contribution in [-0.4, -0.2) is 25.7 Å². The molecule has 0 saturated heterocycles. The van der Waals surface area contributed by atoms with E-state index in [1.165, 1.54) is 0 Å². The van der Waals surface area contributed by atoms with Gasteiger partial charge in [0, 0.05) is 23.7 Å². The van der Waals surface area contributed by atoms with E-state index in [0.29, 0.717) is 46.7 Å². The lowest BCUT2D eigenvalue weighted by Crippen LogP contribution is -2.12. The van der Waals surface area contributed by atoms with Gasteiger partial charge in [-0.3, -0.25) is 4.79 Å². The van der Waals surface area contributed by atoms with Crippen LogP contribution >= 0.6 is 11.6 Å². The molecule has 1 aliphatic heterocycles. The summed E-state index contributed by atoms with van der Waals surface area (Å²) in [5.74, 6) is 1.08. The molecule has 0 radical (unpaired) electrons. The highest BCUT2D eigenvalue weighted by molar-refractivity contribution is 6.32. The summed E-state index contributed by atoms with van der Waals surface area (Å²) < 4.78 is 16.4. The zero-order chi connectivity index (χ0) is 17.6. The van der Waals surface area contributed by atoms with E-state index in [4.69, 9.17) is 31.1 Å². The smallest absolute Gasteiger partial charge is 0.255 e. The third-order valence-corrected chi connectivity index (χ3v) is 3.74. The Balaban J connectivity index is 1.79. The first-order valence-corrected chi connectivity index (χ1v) is 8.05. The maximum Gasteiger partial charge on any atom is 0.255 e. The lowest BCUT2D eigenvalue weighted by Gasteiger charge is -2.12. The molecule has 0 saturated carbocycles. The SMILES string of the molecule is N#CCOc1cccc(NC(=O)c2cc(Cl)c3c(c2)OCCCO3)c1. The summed E-state index contributed by atoms with van der Waals surface area (Å²) in [4.78, 5) is 12.5. The number of amides is 1. The van der Waals surface area contributed by atoms with Crippen LogP contribution in [0.15, 0.2) is 36.4 Å². The Labute approximate surface area is 149 Å². The van der Waals surface area contributed by atoms with Crippen molar-refractivity contribution in [2.24, 2.45) is 0 Å². The number of nitrogens with one attached hydrogen (secondary N) is 1. The predicted molar refractivity (Wildman–Crippen MR) is 92.6 cm³/mol. The fraction of sp³-hybridized carbons (Fsp3) is 0.222. The third kappa shape index (κ3) is 4.14. The standard InChI is InChI=1S/C18H15ClN2O4/c19-15-9-12(10-16-17(15)25-7-2-6-24-16)18(22)21-13-3-1-4-14(11-13)23-8-5-20/h1,3-4,9-11H,2,6-8H2,(H,21,22). The van der Waals surface area contributed by atoms with E-state index >= 15 is 0 Å². The monoisotopic (exact) mass is 358 g/mol. The van der Waals surface area contributed by atoms with Crippen molar-refractivity contribution in [3.8, 4) is 23.3 Å². The molecular formula is C18H15ClN2O4. The number of nitrogens with zero attached hydrogens (tertiary/aromatic N) is 1. The van der Waals surface area contributed by atoms with Crippen LogP contribution in [0, 0.1) is 11.3 Å². The van der Waals surface area contributed by atoms with Crippen molar-refractivity contribution in [2.45, 2.75) is 6.42 Å². The molecule has 0 fully saturated rings. The number of ether oxygens (including phenoxy) is 3. The molecule has 3 rings (SSSR count). The second-order valence-electron chi connectivity index (χ2n) is 5.26. The summed E-state index contributed by atoms with van der Waals surface area (Å²) in [7, 11) is 0. The first-order chi connectivity index (χ1) is 12.2. The van der Waals surface area contributed by atoms with Gasteiger partial charge in [-0.2, -0.15) is 5.26 Å². The summed E-state index contributed by atoms with van der Waals surface area (Å²) in [6, 6.07) is 11.8. The van der Waals surface area contributed by atoms with Crippen LogP contribution in [0.25, 0.3) is 0 Å². The Morgan fingerprint density at radius 3 is 2.96 bits per heavy atom. The summed E-state index contributed by atoms with van der Waals surface area (Å²) in [5.41, 5.74) is 0.904. The molecule has 0 bridgehead atoms. The van der Waals surface area contributed by atoms with E-state index < -0.39 is 0 Å². The fourth-order valence-electron chi connectivity index (χ4n) is 2.34. The average molecular weight is 359 g/mol. The van der Waals surface area contributed by atoms with Crippen molar-refractivity contribution in [3.63, 3.8) is 0 Å². The zero-order valence-electron chi connectivity index (χ0n) is 13.3. The van der Waals surface area contributed by atoms with Gasteiger partial charge in [0.2, 0.25) is 0 Å². The quantitative estimate of drug-likeness (QED) is 0.902. The number of fused-ring (bicyclic) bond motifs is 1. The lowest BCUT2D eigenvalue weighted by atomic mass is 10.1. The molecule has 0 aliphatic carbocycles. The average Bonchev–Trinajstić information content (AvgIpc) is 2.86. The molecule has 2 aromatic rings. The number of carbonyl (C=O) groups excluding carboxylic acids is 1. The second kappa shape index (κ2) is 7.77. The summed E-state index contributed by atoms with van der Waals surface area (Å²) in [6.45, 7) is 0.968. The molecule has 1 heterocycles. The van der Waals surface area contributed by atoms with Crippen LogP contribution in [-0.2, 0) is 0 Å². The Kier molecular flexibility index (Phi) is 5.26. The van der Waals surface area contributed by atoms with Crippen LogP contribution in [0.4, 0.5) is 5.69 Å². The number of nitriles is 1. The number of rotatable bonds is 4. The van der Waals surface area contributed by atoms with E-state index in [0.717, 1.165) is 6.42 Å². The van der Waals surface area contributed by atoms with Gasteiger partial charge in [0.05, 0.1) is 18.2 Å². The lowest BCUT2D eigenvalue weighted by molar-refractivity contribution is 0.102. The molecular weight excluding hydrogens is 344 g/mol. The van der Waals surface area contributed by atoms with Crippen LogP contribution in [0.5, 0.6) is 17.2 Å². The molecule has 6 nitrogen and oxygen atoms in total. The van der Waals surface area contributed by atoms with Crippen LogP contribution in [0.1, 0.15) is 16.8 Å². The third-order valence-electron chi connectivity index (χ3n) is 3.46. The number of benzene rings is 2. The van der Waals surface area contributed by atoms with Gasteiger partial charge < -0.3 is 19.5 Å². The summed E-state index contributed by atoms with van der Waals surface area (Å²) >= 11 is 6.21. The molecule has 1 N–H and O–H groups in total.